The highest BCUT2D eigenvalue weighted by Gasteiger charge is 2.55. The number of nitrogens with zero attached hydrogens (tertiary/aromatic N) is 2. The minimum absolute atomic E-state index is 0.0162. The first-order chi connectivity index (χ1) is 15.0. The van der Waals surface area contributed by atoms with Crippen molar-refractivity contribution >= 4 is 11.8 Å². The molecule has 3 fully saturated rings. The number of amides is 2. The van der Waals surface area contributed by atoms with E-state index in [4.69, 9.17) is 5.73 Å². The first kappa shape index (κ1) is 20.1. The lowest BCUT2D eigenvalue weighted by Crippen LogP contribution is -2.44. The van der Waals surface area contributed by atoms with E-state index in [9.17, 15) is 14.0 Å². The van der Waals surface area contributed by atoms with Gasteiger partial charge >= 0.3 is 0 Å². The molecule has 5 rings (SSSR count). The Bertz CT molecular complexity index is 983. The van der Waals surface area contributed by atoms with Crippen LogP contribution in [-0.4, -0.2) is 46.9 Å². The van der Waals surface area contributed by atoms with Crippen LogP contribution in [0.4, 0.5) is 4.39 Å². The molecule has 7 heteroatoms. The highest BCUT2D eigenvalue weighted by atomic mass is 19.1. The fourth-order valence-electron chi connectivity index (χ4n) is 5.17. The summed E-state index contributed by atoms with van der Waals surface area (Å²) in [5.74, 6) is 0.665. The number of piperidine rings is 1. The summed E-state index contributed by atoms with van der Waals surface area (Å²) < 4.78 is 13.4. The molecule has 2 aromatic rings. The summed E-state index contributed by atoms with van der Waals surface area (Å²) in [6.45, 7) is 1.59. The molecule has 3 N–H and O–H groups in total. The van der Waals surface area contributed by atoms with Gasteiger partial charge in [0, 0.05) is 42.9 Å². The van der Waals surface area contributed by atoms with Crippen molar-refractivity contribution in [1.82, 2.24) is 15.2 Å². The quantitative estimate of drug-likeness (QED) is 0.793. The van der Waals surface area contributed by atoms with E-state index < -0.39 is 0 Å². The van der Waals surface area contributed by atoms with Crippen molar-refractivity contribution in [3.05, 3.63) is 54.0 Å². The fourth-order valence-corrected chi connectivity index (χ4v) is 5.17. The summed E-state index contributed by atoms with van der Waals surface area (Å²) in [6.07, 6.45) is 4.88. The van der Waals surface area contributed by atoms with Gasteiger partial charge in [-0.25, -0.2) is 4.39 Å². The zero-order valence-corrected chi connectivity index (χ0v) is 17.3. The SMILES string of the molecule is NC1[C@H]2CN(C(=O)[C@H]3CCC[C@@H](NC(=O)c4ccc(-c5cccc(F)c5)nc4)C3)C[C@@H]12. The van der Waals surface area contributed by atoms with Gasteiger partial charge in [0.2, 0.25) is 5.91 Å². The third kappa shape index (κ3) is 4.06. The van der Waals surface area contributed by atoms with Crippen LogP contribution in [0, 0.1) is 23.6 Å². The number of nitrogens with two attached hydrogens (primary N) is 1. The molecule has 162 valence electrons. The van der Waals surface area contributed by atoms with Crippen molar-refractivity contribution in [2.24, 2.45) is 23.5 Å². The Morgan fingerprint density at radius 3 is 2.65 bits per heavy atom. The second-order valence-electron chi connectivity index (χ2n) is 9.12. The maximum Gasteiger partial charge on any atom is 0.253 e. The number of benzene rings is 1. The van der Waals surface area contributed by atoms with Gasteiger partial charge in [-0.15, -0.1) is 0 Å². The molecule has 5 atom stereocenters. The van der Waals surface area contributed by atoms with Crippen LogP contribution in [0.15, 0.2) is 42.6 Å². The van der Waals surface area contributed by atoms with E-state index in [1.165, 1.54) is 18.3 Å². The number of pyridine rings is 1. The van der Waals surface area contributed by atoms with Gasteiger partial charge in [0.1, 0.15) is 5.82 Å². The van der Waals surface area contributed by atoms with Crippen molar-refractivity contribution in [3.63, 3.8) is 0 Å². The Morgan fingerprint density at radius 1 is 1.13 bits per heavy atom. The van der Waals surface area contributed by atoms with Crippen molar-refractivity contribution < 1.29 is 14.0 Å². The van der Waals surface area contributed by atoms with E-state index in [-0.39, 0.29) is 35.6 Å². The molecule has 1 aromatic carbocycles. The number of nitrogens with one attached hydrogen (secondary N) is 1. The van der Waals surface area contributed by atoms with Gasteiger partial charge in [-0.1, -0.05) is 18.6 Å². The van der Waals surface area contributed by atoms with Crippen molar-refractivity contribution in [3.8, 4) is 11.3 Å². The van der Waals surface area contributed by atoms with E-state index in [0.717, 1.165) is 32.4 Å². The molecule has 2 amide bonds. The zero-order valence-electron chi connectivity index (χ0n) is 17.3. The van der Waals surface area contributed by atoms with Gasteiger partial charge in [0.05, 0.1) is 11.3 Å². The second kappa shape index (κ2) is 8.04. The van der Waals surface area contributed by atoms with Gasteiger partial charge < -0.3 is 16.0 Å². The third-order valence-electron chi connectivity index (χ3n) is 7.08. The summed E-state index contributed by atoms with van der Waals surface area (Å²) >= 11 is 0. The Balaban J connectivity index is 1.18. The van der Waals surface area contributed by atoms with Crippen molar-refractivity contribution in [2.45, 2.75) is 37.8 Å². The lowest BCUT2D eigenvalue weighted by molar-refractivity contribution is -0.136. The number of carbonyl (C=O) groups excluding carboxylic acids is 2. The first-order valence-corrected chi connectivity index (χ1v) is 11.1. The summed E-state index contributed by atoms with van der Waals surface area (Å²) in [7, 11) is 0. The third-order valence-corrected chi connectivity index (χ3v) is 7.08. The molecule has 0 spiro atoms. The van der Waals surface area contributed by atoms with Gasteiger partial charge in [-0.3, -0.25) is 14.6 Å². The minimum atomic E-state index is -0.323. The summed E-state index contributed by atoms with van der Waals surface area (Å²) in [4.78, 5) is 31.9. The predicted molar refractivity (Wildman–Crippen MR) is 114 cm³/mol. The van der Waals surface area contributed by atoms with Crippen LogP contribution in [0.2, 0.25) is 0 Å². The summed E-state index contributed by atoms with van der Waals surface area (Å²) in [5.41, 5.74) is 7.73. The van der Waals surface area contributed by atoms with Crippen LogP contribution in [0.5, 0.6) is 0 Å². The summed E-state index contributed by atoms with van der Waals surface area (Å²) in [5, 5.41) is 3.07. The van der Waals surface area contributed by atoms with Gasteiger partial charge in [-0.2, -0.15) is 0 Å². The number of fused-ring (bicyclic) bond motifs is 1. The molecular weight excluding hydrogens is 395 g/mol. The van der Waals surface area contributed by atoms with E-state index in [1.54, 1.807) is 24.3 Å². The lowest BCUT2D eigenvalue weighted by Gasteiger charge is -2.32. The lowest BCUT2D eigenvalue weighted by atomic mass is 9.84. The normalized spacial score (nSPS) is 29.4. The molecule has 1 unspecified atom stereocenters. The standard InChI is InChI=1S/C24H27FN4O2/c25-17-5-1-3-14(9-17)21-8-7-16(11-27-21)23(30)28-18-6-2-4-15(10-18)24(31)29-12-19-20(13-29)22(19)26/h1,3,5,7-9,11,15,18-20,22H,2,4,6,10,12-13,26H2,(H,28,30)/t15-,18+,19-,20+,22?/m0/s1. The van der Waals surface area contributed by atoms with Crippen LogP contribution in [0.1, 0.15) is 36.0 Å². The molecule has 6 nitrogen and oxygen atoms in total. The van der Waals surface area contributed by atoms with Gasteiger partial charge in [-0.05, 0) is 55.4 Å². The topological polar surface area (TPSA) is 88.3 Å². The molecule has 1 aliphatic heterocycles. The van der Waals surface area contributed by atoms with Crippen molar-refractivity contribution in [1.29, 1.82) is 0 Å². The molecule has 31 heavy (non-hydrogen) atoms. The smallest absolute Gasteiger partial charge is 0.253 e. The average molecular weight is 423 g/mol. The predicted octanol–water partition coefficient (Wildman–Crippen LogP) is 2.59. The number of rotatable bonds is 4. The Hall–Kier alpha value is -2.80. The van der Waals surface area contributed by atoms with E-state index in [0.29, 0.717) is 35.1 Å². The Labute approximate surface area is 181 Å². The van der Waals surface area contributed by atoms with E-state index >= 15 is 0 Å². The number of aromatic nitrogens is 1. The van der Waals surface area contributed by atoms with Gasteiger partial charge in [0.15, 0.2) is 0 Å². The van der Waals surface area contributed by atoms with Crippen LogP contribution in [-0.2, 0) is 4.79 Å². The Kier molecular flexibility index (Phi) is 5.22. The van der Waals surface area contributed by atoms with E-state index in [1.807, 2.05) is 4.90 Å². The molecule has 0 radical (unpaired) electrons. The maximum atomic E-state index is 13.4. The van der Waals surface area contributed by atoms with Crippen LogP contribution >= 0.6 is 0 Å². The minimum Gasteiger partial charge on any atom is -0.349 e. The second-order valence-corrected chi connectivity index (χ2v) is 9.12. The molecular formula is C24H27FN4O2. The van der Waals surface area contributed by atoms with Crippen LogP contribution in [0.25, 0.3) is 11.3 Å². The number of hydrogen-bond donors (Lipinski definition) is 2. The monoisotopic (exact) mass is 422 g/mol. The Morgan fingerprint density at radius 2 is 1.94 bits per heavy atom. The molecule has 1 aromatic heterocycles. The van der Waals surface area contributed by atoms with Crippen LogP contribution in [0.3, 0.4) is 0 Å². The highest BCUT2D eigenvalue weighted by Crippen LogP contribution is 2.44. The average Bonchev–Trinajstić information content (AvgIpc) is 3.18. The largest absolute Gasteiger partial charge is 0.349 e. The maximum absolute atomic E-state index is 13.4. The number of likely N-dealkylation sites (tertiary alicyclic amines) is 1. The molecule has 2 saturated carbocycles. The molecule has 2 aliphatic carbocycles. The summed E-state index contributed by atoms with van der Waals surface area (Å²) in [6, 6.07) is 9.90. The van der Waals surface area contributed by atoms with Crippen molar-refractivity contribution in [2.75, 3.05) is 13.1 Å². The molecule has 0 bridgehead atoms. The fraction of sp³-hybridized carbons (Fsp3) is 0.458. The molecule has 3 aliphatic rings. The van der Waals surface area contributed by atoms with Crippen LogP contribution < -0.4 is 11.1 Å². The highest BCUT2D eigenvalue weighted by molar-refractivity contribution is 5.94. The number of halogens is 1. The number of hydrogen-bond acceptors (Lipinski definition) is 4. The first-order valence-electron chi connectivity index (χ1n) is 11.1. The number of carbonyl (C=O) groups is 2. The van der Waals surface area contributed by atoms with E-state index in [2.05, 4.69) is 10.3 Å². The van der Waals surface area contributed by atoms with Gasteiger partial charge in [0.25, 0.3) is 5.91 Å². The molecule has 2 heterocycles. The zero-order chi connectivity index (χ0) is 21.5. The molecule has 1 saturated heterocycles.